The highest BCUT2D eigenvalue weighted by molar-refractivity contribution is 5.90. The highest BCUT2D eigenvalue weighted by atomic mass is 16.5. The molecule has 1 aliphatic heterocycles. The molecule has 3 N–H and O–H groups in total. The van der Waals surface area contributed by atoms with Crippen LogP contribution in [0.25, 0.3) is 0 Å². The molecule has 1 aromatic heterocycles. The smallest absolute Gasteiger partial charge is 0.328 e. The molecule has 1 saturated heterocycles. The van der Waals surface area contributed by atoms with Gasteiger partial charge in [-0.1, -0.05) is 35.5 Å². The van der Waals surface area contributed by atoms with E-state index in [1.807, 2.05) is 0 Å². The maximum absolute atomic E-state index is 11.9. The molecule has 10 heteroatoms. The number of carbonyl (C=O) groups excluding carboxylic acids is 1. The standard InChI is InChI=1S/C18H24N4O2.C4H4O4/c1-14-20-17(21-24-14)18(23)19-10-7-15-8-11-22(12-9-15)13-16-5-3-2-4-6-16;5-3(6)1-2-4(7)8/h2-6,15H,7-13H2,1H3,(H,19,23);1-2H,(H,5,6)(H,7,8)/b;2-1+. The van der Waals surface area contributed by atoms with Crippen LogP contribution in [0.3, 0.4) is 0 Å². The van der Waals surface area contributed by atoms with E-state index in [1.54, 1.807) is 6.92 Å². The molecule has 0 unspecified atom stereocenters. The van der Waals surface area contributed by atoms with Gasteiger partial charge in [0, 0.05) is 32.2 Å². The highest BCUT2D eigenvalue weighted by Gasteiger charge is 2.20. The number of nitrogens with zero attached hydrogens (tertiary/aromatic N) is 3. The summed E-state index contributed by atoms with van der Waals surface area (Å²) in [5.74, 6) is -1.58. The number of benzene rings is 1. The third-order valence-electron chi connectivity index (χ3n) is 4.89. The number of amides is 1. The summed E-state index contributed by atoms with van der Waals surface area (Å²) in [7, 11) is 0. The summed E-state index contributed by atoms with van der Waals surface area (Å²) >= 11 is 0. The Morgan fingerprint density at radius 3 is 2.28 bits per heavy atom. The highest BCUT2D eigenvalue weighted by Crippen LogP contribution is 2.21. The van der Waals surface area contributed by atoms with E-state index in [9.17, 15) is 14.4 Å². The number of carbonyl (C=O) groups is 3. The van der Waals surface area contributed by atoms with Crippen LogP contribution in [0, 0.1) is 12.8 Å². The van der Waals surface area contributed by atoms with Crippen molar-refractivity contribution in [1.29, 1.82) is 0 Å². The number of nitrogens with one attached hydrogen (secondary N) is 1. The summed E-state index contributed by atoms with van der Waals surface area (Å²) in [4.78, 5) is 37.4. The number of hydrogen-bond acceptors (Lipinski definition) is 7. The lowest BCUT2D eigenvalue weighted by atomic mass is 9.93. The lowest BCUT2D eigenvalue weighted by Crippen LogP contribution is -2.35. The Hall–Kier alpha value is -3.53. The van der Waals surface area contributed by atoms with Crippen molar-refractivity contribution < 1.29 is 29.1 Å². The first-order chi connectivity index (χ1) is 15.3. The van der Waals surface area contributed by atoms with E-state index < -0.39 is 11.9 Å². The maximum Gasteiger partial charge on any atom is 0.328 e. The van der Waals surface area contributed by atoms with Crippen LogP contribution in [0.5, 0.6) is 0 Å². The van der Waals surface area contributed by atoms with E-state index >= 15 is 0 Å². The molecule has 3 rings (SSSR count). The summed E-state index contributed by atoms with van der Waals surface area (Å²) in [6.07, 6.45) is 4.49. The van der Waals surface area contributed by atoms with Crippen LogP contribution < -0.4 is 5.32 Å². The third-order valence-corrected chi connectivity index (χ3v) is 4.89. The number of rotatable bonds is 8. The lowest BCUT2D eigenvalue weighted by Gasteiger charge is -2.32. The normalized spacial score (nSPS) is 14.5. The van der Waals surface area contributed by atoms with Crippen molar-refractivity contribution >= 4 is 17.8 Å². The van der Waals surface area contributed by atoms with Crippen molar-refractivity contribution in [3.05, 3.63) is 59.8 Å². The number of aryl methyl sites for hydroxylation is 1. The first kappa shape index (κ1) is 24.7. The van der Waals surface area contributed by atoms with Gasteiger partial charge in [0.25, 0.3) is 11.7 Å². The van der Waals surface area contributed by atoms with Crippen LogP contribution in [-0.4, -0.2) is 62.7 Å². The number of likely N-dealkylation sites (tertiary alicyclic amines) is 1. The van der Waals surface area contributed by atoms with Gasteiger partial charge in [-0.2, -0.15) is 4.98 Å². The molecular formula is C22H28N4O6. The van der Waals surface area contributed by atoms with Crippen LogP contribution in [0.15, 0.2) is 47.0 Å². The third kappa shape index (κ3) is 9.52. The largest absolute Gasteiger partial charge is 0.478 e. The van der Waals surface area contributed by atoms with Gasteiger partial charge in [0.05, 0.1) is 0 Å². The van der Waals surface area contributed by atoms with E-state index in [2.05, 4.69) is 50.7 Å². The minimum Gasteiger partial charge on any atom is -0.478 e. The molecule has 2 aromatic rings. The van der Waals surface area contributed by atoms with Crippen molar-refractivity contribution in [3.8, 4) is 0 Å². The second-order valence-corrected chi connectivity index (χ2v) is 7.40. The van der Waals surface area contributed by atoms with Gasteiger partial charge in [0.1, 0.15) is 0 Å². The van der Waals surface area contributed by atoms with Crippen molar-refractivity contribution in [2.24, 2.45) is 5.92 Å². The Bertz CT molecular complexity index is 888. The fourth-order valence-electron chi connectivity index (χ4n) is 3.28. The zero-order valence-corrected chi connectivity index (χ0v) is 17.9. The number of aromatic nitrogens is 2. The molecule has 1 aliphatic rings. The van der Waals surface area contributed by atoms with Gasteiger partial charge in [-0.3, -0.25) is 9.69 Å². The van der Waals surface area contributed by atoms with E-state index in [-0.39, 0.29) is 11.7 Å². The first-order valence-electron chi connectivity index (χ1n) is 10.3. The monoisotopic (exact) mass is 444 g/mol. The molecule has 32 heavy (non-hydrogen) atoms. The quantitative estimate of drug-likeness (QED) is 0.521. The number of aliphatic carboxylic acids is 2. The van der Waals surface area contributed by atoms with E-state index in [1.165, 1.54) is 18.4 Å². The van der Waals surface area contributed by atoms with Crippen molar-refractivity contribution in [2.45, 2.75) is 32.7 Å². The van der Waals surface area contributed by atoms with Gasteiger partial charge in [-0.05, 0) is 43.8 Å². The molecule has 0 spiro atoms. The lowest BCUT2D eigenvalue weighted by molar-refractivity contribution is -0.134. The summed E-state index contributed by atoms with van der Waals surface area (Å²) < 4.78 is 4.82. The number of piperidine rings is 1. The Morgan fingerprint density at radius 1 is 1.12 bits per heavy atom. The molecular weight excluding hydrogens is 416 g/mol. The first-order valence-corrected chi connectivity index (χ1v) is 10.3. The molecule has 172 valence electrons. The second-order valence-electron chi connectivity index (χ2n) is 7.40. The average Bonchev–Trinajstić information content (AvgIpc) is 3.21. The molecule has 1 aromatic carbocycles. The van der Waals surface area contributed by atoms with Crippen molar-refractivity contribution in [2.75, 3.05) is 19.6 Å². The summed E-state index contributed by atoms with van der Waals surface area (Å²) in [5, 5.41) is 22.1. The Balaban J connectivity index is 0.000000390. The van der Waals surface area contributed by atoms with Gasteiger partial charge in [-0.25, -0.2) is 9.59 Å². The average molecular weight is 444 g/mol. The van der Waals surface area contributed by atoms with Crippen LogP contribution in [0.1, 0.15) is 41.3 Å². The van der Waals surface area contributed by atoms with E-state index in [4.69, 9.17) is 14.7 Å². The van der Waals surface area contributed by atoms with Crippen LogP contribution in [0.4, 0.5) is 0 Å². The summed E-state index contributed by atoms with van der Waals surface area (Å²) in [6.45, 7) is 5.61. The van der Waals surface area contributed by atoms with Crippen LogP contribution in [0.2, 0.25) is 0 Å². The Morgan fingerprint density at radius 2 is 1.75 bits per heavy atom. The molecule has 1 amide bonds. The Labute approximate surface area is 185 Å². The summed E-state index contributed by atoms with van der Waals surface area (Å²) in [6, 6.07) is 10.6. The zero-order valence-electron chi connectivity index (χ0n) is 17.9. The molecule has 0 bridgehead atoms. The molecule has 0 atom stereocenters. The number of hydrogen-bond donors (Lipinski definition) is 3. The number of carboxylic acids is 2. The van der Waals surface area contributed by atoms with Gasteiger partial charge < -0.3 is 20.1 Å². The minimum atomic E-state index is -1.26. The van der Waals surface area contributed by atoms with Gasteiger partial charge in [0.15, 0.2) is 0 Å². The molecule has 2 heterocycles. The predicted octanol–water partition coefficient (Wildman–Crippen LogP) is 2.12. The minimum absolute atomic E-state index is 0.116. The summed E-state index contributed by atoms with van der Waals surface area (Å²) in [5.41, 5.74) is 1.37. The SMILES string of the molecule is Cc1nc(C(=O)NCCC2CCN(Cc3ccccc3)CC2)no1.O=C(O)/C=C/C(=O)O. The van der Waals surface area contributed by atoms with Crippen molar-refractivity contribution in [1.82, 2.24) is 20.4 Å². The second kappa shape index (κ2) is 13.0. The predicted molar refractivity (Wildman–Crippen MR) is 115 cm³/mol. The molecule has 10 nitrogen and oxygen atoms in total. The van der Waals surface area contributed by atoms with E-state index in [0.29, 0.717) is 30.5 Å². The maximum atomic E-state index is 11.9. The molecule has 1 fully saturated rings. The Kier molecular flexibility index (Phi) is 10.1. The van der Waals surface area contributed by atoms with Crippen molar-refractivity contribution in [3.63, 3.8) is 0 Å². The molecule has 0 radical (unpaired) electrons. The number of carboxylic acid groups (broad SMARTS) is 2. The van der Waals surface area contributed by atoms with Gasteiger partial charge in [-0.15, -0.1) is 0 Å². The van der Waals surface area contributed by atoms with Crippen LogP contribution in [-0.2, 0) is 16.1 Å². The van der Waals surface area contributed by atoms with Crippen LogP contribution >= 0.6 is 0 Å². The zero-order chi connectivity index (χ0) is 23.3. The van der Waals surface area contributed by atoms with Gasteiger partial charge in [0.2, 0.25) is 5.89 Å². The van der Waals surface area contributed by atoms with Gasteiger partial charge >= 0.3 is 11.9 Å². The molecule has 0 aliphatic carbocycles. The topological polar surface area (TPSA) is 146 Å². The fraction of sp³-hybridized carbons (Fsp3) is 0.409. The molecule has 0 saturated carbocycles. The van der Waals surface area contributed by atoms with E-state index in [0.717, 1.165) is 26.1 Å². The fourth-order valence-corrected chi connectivity index (χ4v) is 3.28.